The Hall–Kier alpha value is -1.08. The number of nitrogens with zero attached hydrogens (tertiary/aromatic N) is 1. The van der Waals surface area contributed by atoms with Crippen molar-refractivity contribution < 1.29 is 0 Å². The molecule has 1 aromatic rings. The fourth-order valence-electron chi connectivity index (χ4n) is 1.07. The molecule has 12 heavy (non-hydrogen) atoms. The highest BCUT2D eigenvalue weighted by Crippen LogP contribution is 2.19. The van der Waals surface area contributed by atoms with E-state index in [0.717, 1.165) is 6.54 Å². The summed E-state index contributed by atoms with van der Waals surface area (Å²) in [5.41, 5.74) is 1.26. The van der Waals surface area contributed by atoms with E-state index in [1.165, 1.54) is 5.56 Å². The summed E-state index contributed by atoms with van der Waals surface area (Å²) in [5, 5.41) is 4.39. The molecule has 1 heteroatoms. The van der Waals surface area contributed by atoms with Gasteiger partial charge in [0.25, 0.3) is 0 Å². The molecule has 0 aliphatic carbocycles. The van der Waals surface area contributed by atoms with Crippen molar-refractivity contribution in [3.05, 3.63) is 53.9 Å². The first-order chi connectivity index (χ1) is 5.84. The molecule has 64 valence electrons. The van der Waals surface area contributed by atoms with Crippen molar-refractivity contribution in [2.24, 2.45) is 0 Å². The van der Waals surface area contributed by atoms with Gasteiger partial charge in [0.05, 0.1) is 0 Å². The summed E-state index contributed by atoms with van der Waals surface area (Å²) in [6.07, 6.45) is 1.82. The molecule has 0 aliphatic rings. The van der Waals surface area contributed by atoms with Gasteiger partial charge in [-0.05, 0) is 0 Å². The zero-order chi connectivity index (χ0) is 8.81. The van der Waals surface area contributed by atoms with E-state index in [0.29, 0.717) is 0 Å². The molecule has 0 bridgehead atoms. The maximum atomic E-state index is 4.39. The largest absolute Gasteiger partial charge is 0.653 e. The Morgan fingerprint density at radius 2 is 2.08 bits per heavy atom. The molecule has 0 spiro atoms. The highest BCUT2D eigenvalue weighted by atomic mass is 14.9. The van der Waals surface area contributed by atoms with Gasteiger partial charge in [-0.25, -0.2) is 0 Å². The van der Waals surface area contributed by atoms with E-state index >= 15 is 0 Å². The molecule has 0 aromatic heterocycles. The summed E-state index contributed by atoms with van der Waals surface area (Å²) in [4.78, 5) is 0. The van der Waals surface area contributed by atoms with Gasteiger partial charge < -0.3 is 5.32 Å². The Kier molecular flexibility index (Phi) is 3.55. The minimum Gasteiger partial charge on any atom is -0.653 e. The second-order valence-electron chi connectivity index (χ2n) is 2.74. The minimum absolute atomic E-state index is 0.282. The molecule has 0 N–H and O–H groups in total. The third-order valence-corrected chi connectivity index (χ3v) is 1.79. The predicted molar refractivity (Wildman–Crippen MR) is 53.3 cm³/mol. The Morgan fingerprint density at radius 3 is 2.67 bits per heavy atom. The van der Waals surface area contributed by atoms with Gasteiger partial charge in [0, 0.05) is 0 Å². The quantitative estimate of drug-likeness (QED) is 0.600. The molecule has 1 aromatic carbocycles. The van der Waals surface area contributed by atoms with Crippen LogP contribution in [0.4, 0.5) is 0 Å². The van der Waals surface area contributed by atoms with Gasteiger partial charge >= 0.3 is 0 Å². The van der Waals surface area contributed by atoms with Gasteiger partial charge in [0.2, 0.25) is 0 Å². The lowest BCUT2D eigenvalue weighted by molar-refractivity contribution is 0.894. The van der Waals surface area contributed by atoms with Crippen molar-refractivity contribution in [1.29, 1.82) is 0 Å². The van der Waals surface area contributed by atoms with E-state index in [2.05, 4.69) is 31.0 Å². The van der Waals surface area contributed by atoms with E-state index in [1.54, 1.807) is 0 Å². The van der Waals surface area contributed by atoms with Gasteiger partial charge in [-0.15, -0.1) is 25.2 Å². The van der Waals surface area contributed by atoms with Crippen molar-refractivity contribution >= 4 is 0 Å². The molecule has 0 aliphatic heterocycles. The summed E-state index contributed by atoms with van der Waals surface area (Å²) in [6.45, 7) is 6.46. The highest BCUT2D eigenvalue weighted by molar-refractivity contribution is 5.22. The Balaban J connectivity index is 2.53. The third-order valence-electron chi connectivity index (χ3n) is 1.79. The highest BCUT2D eigenvalue weighted by Gasteiger charge is 1.90. The van der Waals surface area contributed by atoms with Crippen LogP contribution in [-0.4, -0.2) is 6.54 Å². The minimum atomic E-state index is 0.282. The first kappa shape index (κ1) is 9.01. The van der Waals surface area contributed by atoms with Gasteiger partial charge in [-0.3, -0.25) is 0 Å². The molecular weight excluding hydrogens is 146 g/mol. The smallest absolute Gasteiger partial charge is 0.0605 e. The molecule has 0 radical (unpaired) electrons. The summed E-state index contributed by atoms with van der Waals surface area (Å²) in [5.74, 6) is 0. The van der Waals surface area contributed by atoms with Crippen LogP contribution in [0.15, 0.2) is 43.0 Å². The molecular formula is C11H14N-. The van der Waals surface area contributed by atoms with Crippen LogP contribution in [0.1, 0.15) is 18.5 Å². The van der Waals surface area contributed by atoms with E-state index in [4.69, 9.17) is 0 Å². The van der Waals surface area contributed by atoms with E-state index in [9.17, 15) is 0 Å². The maximum Gasteiger partial charge on any atom is -0.0605 e. The standard InChI is InChI=1S/C11H14N/c1-3-9-12-10(2)11-7-5-4-6-8-11/h3-8,10H,1,9H2,2H3/q-1/t10-/m0/s1. The van der Waals surface area contributed by atoms with Crippen molar-refractivity contribution in [2.45, 2.75) is 13.0 Å². The van der Waals surface area contributed by atoms with E-state index < -0.39 is 0 Å². The summed E-state index contributed by atoms with van der Waals surface area (Å²) in [7, 11) is 0. The van der Waals surface area contributed by atoms with Gasteiger partial charge in [0.1, 0.15) is 0 Å². The molecule has 0 saturated carbocycles. The van der Waals surface area contributed by atoms with Crippen LogP contribution in [-0.2, 0) is 0 Å². The van der Waals surface area contributed by atoms with Crippen LogP contribution in [0, 0.1) is 0 Å². The second kappa shape index (κ2) is 4.73. The van der Waals surface area contributed by atoms with Crippen LogP contribution in [0.3, 0.4) is 0 Å². The Labute approximate surface area is 74.1 Å². The van der Waals surface area contributed by atoms with Crippen LogP contribution in [0.5, 0.6) is 0 Å². The zero-order valence-corrected chi connectivity index (χ0v) is 7.40. The first-order valence-electron chi connectivity index (χ1n) is 4.17. The Bertz CT molecular complexity index is 228. The summed E-state index contributed by atoms with van der Waals surface area (Å²) in [6, 6.07) is 10.6. The number of rotatable bonds is 4. The van der Waals surface area contributed by atoms with Crippen LogP contribution < -0.4 is 0 Å². The molecule has 0 heterocycles. The second-order valence-corrected chi connectivity index (χ2v) is 2.74. The number of hydrogen-bond acceptors (Lipinski definition) is 0. The molecule has 1 atom stereocenters. The third kappa shape index (κ3) is 2.51. The fraction of sp³-hybridized carbons (Fsp3) is 0.273. The van der Waals surface area contributed by atoms with Gasteiger partial charge in [-0.2, -0.15) is 0 Å². The lowest BCUT2D eigenvalue weighted by Gasteiger charge is -2.26. The molecule has 1 rings (SSSR count). The lowest BCUT2D eigenvalue weighted by Crippen LogP contribution is -1.92. The van der Waals surface area contributed by atoms with Crippen LogP contribution >= 0.6 is 0 Å². The molecule has 1 nitrogen and oxygen atoms in total. The number of benzene rings is 1. The lowest BCUT2D eigenvalue weighted by atomic mass is 10.1. The van der Waals surface area contributed by atoms with E-state index in [1.807, 2.05) is 24.3 Å². The van der Waals surface area contributed by atoms with Crippen molar-refractivity contribution in [1.82, 2.24) is 0 Å². The molecule has 0 saturated heterocycles. The average molecular weight is 160 g/mol. The summed E-state index contributed by atoms with van der Waals surface area (Å²) < 4.78 is 0. The maximum absolute atomic E-state index is 4.39. The van der Waals surface area contributed by atoms with Crippen molar-refractivity contribution in [3.63, 3.8) is 0 Å². The van der Waals surface area contributed by atoms with Gasteiger partial charge in [0.15, 0.2) is 0 Å². The normalized spacial score (nSPS) is 12.4. The van der Waals surface area contributed by atoms with Crippen molar-refractivity contribution in [3.8, 4) is 0 Å². The average Bonchev–Trinajstić information content (AvgIpc) is 2.15. The Morgan fingerprint density at radius 1 is 1.42 bits per heavy atom. The van der Waals surface area contributed by atoms with Crippen LogP contribution in [0.25, 0.3) is 5.32 Å². The number of hydrogen-bond donors (Lipinski definition) is 0. The topological polar surface area (TPSA) is 14.1 Å². The van der Waals surface area contributed by atoms with Crippen LogP contribution in [0.2, 0.25) is 0 Å². The SMILES string of the molecule is C=CC[N-][C@@H](C)c1ccccc1. The van der Waals surface area contributed by atoms with Gasteiger partial charge in [-0.1, -0.05) is 42.8 Å². The predicted octanol–water partition coefficient (Wildman–Crippen LogP) is 3.31. The first-order valence-corrected chi connectivity index (χ1v) is 4.17. The van der Waals surface area contributed by atoms with Crippen molar-refractivity contribution in [2.75, 3.05) is 6.54 Å². The molecule has 0 fully saturated rings. The molecule has 0 unspecified atom stereocenters. The monoisotopic (exact) mass is 160 g/mol. The van der Waals surface area contributed by atoms with E-state index in [-0.39, 0.29) is 6.04 Å². The fourth-order valence-corrected chi connectivity index (χ4v) is 1.07. The molecule has 0 amide bonds. The summed E-state index contributed by atoms with van der Waals surface area (Å²) >= 11 is 0. The zero-order valence-electron chi connectivity index (χ0n) is 7.40.